The molecule has 5 nitrogen and oxygen atoms in total. The van der Waals surface area contributed by atoms with Gasteiger partial charge in [0, 0.05) is 29.9 Å². The van der Waals surface area contributed by atoms with Crippen molar-refractivity contribution in [3.05, 3.63) is 57.9 Å². The minimum absolute atomic E-state index is 0.198. The van der Waals surface area contributed by atoms with E-state index in [1.165, 1.54) is 6.08 Å². The number of Topliss-reactive ketones (excluding diaryl/α,β-unsaturated/α-hetero) is 1. The highest BCUT2D eigenvalue weighted by Crippen LogP contribution is 2.16. The van der Waals surface area contributed by atoms with Gasteiger partial charge in [0.15, 0.2) is 6.10 Å². The van der Waals surface area contributed by atoms with Crippen molar-refractivity contribution < 1.29 is 14.3 Å². The molecule has 1 aromatic carbocycles. The molecule has 1 aromatic heterocycles. The number of carbonyl (C=O) groups is 2. The van der Waals surface area contributed by atoms with Gasteiger partial charge in [-0.05, 0) is 52.3 Å². The second kappa shape index (κ2) is 7.47. The molecule has 132 valence electrons. The van der Waals surface area contributed by atoms with Crippen LogP contribution in [0.1, 0.15) is 45.4 Å². The van der Waals surface area contributed by atoms with Crippen LogP contribution in [-0.2, 0) is 16.6 Å². The van der Waals surface area contributed by atoms with E-state index < -0.39 is 12.1 Å². The van der Waals surface area contributed by atoms with E-state index >= 15 is 0 Å². The van der Waals surface area contributed by atoms with E-state index in [-0.39, 0.29) is 5.78 Å². The van der Waals surface area contributed by atoms with Gasteiger partial charge in [-0.1, -0.05) is 17.7 Å². The second-order valence-electron chi connectivity index (χ2n) is 6.30. The lowest BCUT2D eigenvalue weighted by Gasteiger charge is -2.13. The first-order valence-corrected chi connectivity index (χ1v) is 8.21. The van der Waals surface area contributed by atoms with Crippen LogP contribution in [0.4, 0.5) is 0 Å². The van der Waals surface area contributed by atoms with Crippen molar-refractivity contribution in [1.29, 1.82) is 0 Å². The largest absolute Gasteiger partial charge is 0.451 e. The fourth-order valence-corrected chi connectivity index (χ4v) is 2.67. The number of nitrogens with zero attached hydrogens (tertiary/aromatic N) is 2. The van der Waals surface area contributed by atoms with Crippen molar-refractivity contribution in [2.45, 2.75) is 40.7 Å². The van der Waals surface area contributed by atoms with Crippen LogP contribution in [0.5, 0.6) is 0 Å². The van der Waals surface area contributed by atoms with Gasteiger partial charge < -0.3 is 4.74 Å². The van der Waals surface area contributed by atoms with Crippen LogP contribution >= 0.6 is 0 Å². The fraction of sp³-hybridized carbons (Fsp3) is 0.350. The molecule has 0 saturated carbocycles. The lowest BCUT2D eigenvalue weighted by molar-refractivity contribution is -0.140. The highest BCUT2D eigenvalue weighted by Gasteiger charge is 2.20. The molecule has 25 heavy (non-hydrogen) atoms. The topological polar surface area (TPSA) is 61.2 Å². The summed E-state index contributed by atoms with van der Waals surface area (Å²) in [5.74, 6) is -0.745. The summed E-state index contributed by atoms with van der Waals surface area (Å²) in [4.78, 5) is 24.6. The predicted octanol–water partition coefficient (Wildman–Crippen LogP) is 3.48. The average Bonchev–Trinajstić information content (AvgIpc) is 2.79. The zero-order valence-corrected chi connectivity index (χ0v) is 15.6. The van der Waals surface area contributed by atoms with Gasteiger partial charge in [0.25, 0.3) is 0 Å². The summed E-state index contributed by atoms with van der Waals surface area (Å²) >= 11 is 0. The molecule has 0 fully saturated rings. The van der Waals surface area contributed by atoms with E-state index in [1.54, 1.807) is 17.7 Å². The number of benzene rings is 1. The number of carbonyl (C=O) groups excluding carboxylic acids is 2. The van der Waals surface area contributed by atoms with Gasteiger partial charge >= 0.3 is 5.97 Å². The zero-order chi connectivity index (χ0) is 18.7. The number of rotatable bonds is 5. The third-order valence-corrected chi connectivity index (χ3v) is 4.27. The van der Waals surface area contributed by atoms with Crippen molar-refractivity contribution in [2.75, 3.05) is 0 Å². The second-order valence-corrected chi connectivity index (χ2v) is 6.30. The molecule has 5 heteroatoms. The number of aromatic nitrogens is 2. The Morgan fingerprint density at radius 2 is 1.88 bits per heavy atom. The minimum Gasteiger partial charge on any atom is -0.451 e. The number of ketones is 1. The maximum absolute atomic E-state index is 12.5. The first-order chi connectivity index (χ1) is 11.7. The minimum atomic E-state index is -0.839. The Labute approximate surface area is 148 Å². The molecule has 1 atom stereocenters. The van der Waals surface area contributed by atoms with Gasteiger partial charge in [-0.25, -0.2) is 4.79 Å². The Kier molecular flexibility index (Phi) is 5.57. The quantitative estimate of drug-likeness (QED) is 0.475. The van der Waals surface area contributed by atoms with Crippen molar-refractivity contribution in [1.82, 2.24) is 9.78 Å². The summed E-state index contributed by atoms with van der Waals surface area (Å²) in [6.45, 7) is 9.20. The Hall–Kier alpha value is -2.69. The predicted molar refractivity (Wildman–Crippen MR) is 97.5 cm³/mol. The van der Waals surface area contributed by atoms with Gasteiger partial charge in [0.05, 0.1) is 5.69 Å². The Bertz CT molecular complexity index is 847. The third kappa shape index (κ3) is 4.24. The summed E-state index contributed by atoms with van der Waals surface area (Å²) in [6, 6.07) is 5.66. The van der Waals surface area contributed by atoms with Crippen LogP contribution < -0.4 is 0 Å². The van der Waals surface area contributed by atoms with Gasteiger partial charge in [-0.2, -0.15) is 5.10 Å². The van der Waals surface area contributed by atoms with Crippen LogP contribution in [-0.4, -0.2) is 27.6 Å². The molecule has 0 bridgehead atoms. The molecule has 0 spiro atoms. The standard InChI is InChI=1S/C20H24N2O3/c1-12-7-8-13(2)18(11-12)20(24)16(5)25-19(23)10-9-17-14(3)21-22(6)15(17)4/h7-11,16H,1-6H3/b10-9+/t16-/m1/s1. The van der Waals surface area contributed by atoms with Gasteiger partial charge in [0.1, 0.15) is 0 Å². The summed E-state index contributed by atoms with van der Waals surface area (Å²) in [6.07, 6.45) is 2.17. The molecule has 0 amide bonds. The van der Waals surface area contributed by atoms with Crippen LogP contribution in [0.25, 0.3) is 6.08 Å². The molecular formula is C20H24N2O3. The molecule has 0 aliphatic rings. The number of esters is 1. The number of ether oxygens (including phenoxy) is 1. The summed E-state index contributed by atoms with van der Waals surface area (Å²) in [5, 5.41) is 4.29. The average molecular weight is 340 g/mol. The SMILES string of the molecule is Cc1ccc(C)c(C(=O)[C@@H](C)OC(=O)/C=C/c2c(C)nn(C)c2C)c1. The Balaban J connectivity index is 2.08. The summed E-state index contributed by atoms with van der Waals surface area (Å²) in [7, 11) is 1.85. The van der Waals surface area contributed by atoms with Gasteiger partial charge in [0.2, 0.25) is 5.78 Å². The first-order valence-electron chi connectivity index (χ1n) is 8.21. The number of hydrogen-bond donors (Lipinski definition) is 0. The van der Waals surface area contributed by atoms with Crippen LogP contribution in [0.3, 0.4) is 0 Å². The van der Waals surface area contributed by atoms with Crippen LogP contribution in [0.2, 0.25) is 0 Å². The molecule has 0 aliphatic heterocycles. The molecule has 0 unspecified atom stereocenters. The molecule has 2 aromatic rings. The molecule has 1 heterocycles. The molecule has 0 saturated heterocycles. The maximum atomic E-state index is 12.5. The molecule has 0 radical (unpaired) electrons. The fourth-order valence-electron chi connectivity index (χ4n) is 2.67. The van der Waals surface area contributed by atoms with Crippen molar-refractivity contribution >= 4 is 17.8 Å². The monoisotopic (exact) mass is 340 g/mol. The lowest BCUT2D eigenvalue weighted by atomic mass is 9.99. The molecule has 0 N–H and O–H groups in total. The van der Waals surface area contributed by atoms with E-state index in [4.69, 9.17) is 4.74 Å². The van der Waals surface area contributed by atoms with Crippen molar-refractivity contribution in [3.8, 4) is 0 Å². The highest BCUT2D eigenvalue weighted by atomic mass is 16.5. The normalized spacial score (nSPS) is 12.4. The highest BCUT2D eigenvalue weighted by molar-refractivity contribution is 6.02. The number of aryl methyl sites for hydroxylation is 4. The van der Waals surface area contributed by atoms with E-state index in [0.29, 0.717) is 5.56 Å². The van der Waals surface area contributed by atoms with Crippen LogP contribution in [0, 0.1) is 27.7 Å². The number of hydrogen-bond acceptors (Lipinski definition) is 4. The summed E-state index contributed by atoms with van der Waals surface area (Å²) in [5.41, 5.74) is 5.13. The third-order valence-electron chi connectivity index (χ3n) is 4.27. The van der Waals surface area contributed by atoms with E-state index in [2.05, 4.69) is 5.10 Å². The molecular weight excluding hydrogens is 316 g/mol. The van der Waals surface area contributed by atoms with E-state index in [9.17, 15) is 9.59 Å². The molecule has 0 aliphatic carbocycles. The molecule has 2 rings (SSSR count). The van der Waals surface area contributed by atoms with Crippen LogP contribution in [0.15, 0.2) is 24.3 Å². The Morgan fingerprint density at radius 1 is 1.20 bits per heavy atom. The first kappa shape index (κ1) is 18.6. The van der Waals surface area contributed by atoms with E-state index in [1.807, 2.05) is 52.9 Å². The zero-order valence-electron chi connectivity index (χ0n) is 15.6. The van der Waals surface area contributed by atoms with E-state index in [0.717, 1.165) is 28.1 Å². The van der Waals surface area contributed by atoms with Crippen molar-refractivity contribution in [3.63, 3.8) is 0 Å². The van der Waals surface area contributed by atoms with Gasteiger partial charge in [-0.15, -0.1) is 0 Å². The van der Waals surface area contributed by atoms with Gasteiger partial charge in [-0.3, -0.25) is 9.48 Å². The van der Waals surface area contributed by atoms with Crippen molar-refractivity contribution in [2.24, 2.45) is 7.05 Å². The maximum Gasteiger partial charge on any atom is 0.331 e. The smallest absolute Gasteiger partial charge is 0.331 e. The summed E-state index contributed by atoms with van der Waals surface area (Å²) < 4.78 is 7.02. The lowest BCUT2D eigenvalue weighted by Crippen LogP contribution is -2.24. The Morgan fingerprint density at radius 3 is 2.48 bits per heavy atom.